The Kier molecular flexibility index (Phi) is 5.18. The molecule has 0 aromatic rings. The van der Waals surface area contributed by atoms with Crippen molar-refractivity contribution < 1.29 is 10.2 Å². The lowest BCUT2D eigenvalue weighted by molar-refractivity contribution is -0.708. The van der Waals surface area contributed by atoms with Crippen LogP contribution in [0.25, 0.3) is 0 Å². The monoisotopic (exact) mass is 162 g/mol. The zero-order valence-electron chi connectivity index (χ0n) is 6.82. The molecule has 0 saturated carbocycles. The van der Waals surface area contributed by atoms with Gasteiger partial charge >= 0.3 is 0 Å². The predicted octanol–water partition coefficient (Wildman–Crippen LogP) is -0.206. The lowest BCUT2D eigenvalue weighted by atomic mass is 10.6. The second-order valence-corrected chi connectivity index (χ2v) is 1.99. The van der Waals surface area contributed by atoms with Crippen LogP contribution in [-0.2, 0) is 0 Å². The zero-order chi connectivity index (χ0) is 8.69. The second-order valence-electron chi connectivity index (χ2n) is 1.99. The summed E-state index contributed by atoms with van der Waals surface area (Å²) >= 11 is 0. The molecule has 0 aliphatic carbocycles. The first kappa shape index (κ1) is 9.96. The quantitative estimate of drug-likeness (QED) is 0.333. The Morgan fingerprint density at radius 1 is 1.73 bits per heavy atom. The maximum atomic E-state index is 10.6. The summed E-state index contributed by atoms with van der Waals surface area (Å²) in [7, 11) is 1.79. The Bertz CT molecular complexity index is 128. The Morgan fingerprint density at radius 2 is 2.36 bits per heavy atom. The first-order valence-electron chi connectivity index (χ1n) is 3.48. The molecular formula is C5H14N4O2. The SMILES string of the molecule is CCN(CCNC)[N+]([O-])=NO. The summed E-state index contributed by atoms with van der Waals surface area (Å²) in [5.41, 5.74) is 0. The maximum Gasteiger partial charge on any atom is 0.230 e. The standard InChI is InChI=1S/C5H14N4O2/c1-3-8(5-4-6-2)9(11)7-10/h6,10H,3-5H2,1-2H3. The molecule has 0 amide bonds. The van der Waals surface area contributed by atoms with Gasteiger partial charge < -0.3 is 15.7 Å². The van der Waals surface area contributed by atoms with Crippen LogP contribution in [-0.4, -0.2) is 41.9 Å². The van der Waals surface area contributed by atoms with Crippen LogP contribution in [0.15, 0.2) is 5.28 Å². The number of likely N-dealkylation sites (N-methyl/N-ethyl adjacent to an activating group) is 2. The average Bonchev–Trinajstić information content (AvgIpc) is 2.05. The molecule has 6 heteroatoms. The Balaban J connectivity index is 3.75. The number of hydrogen-bond acceptors (Lipinski definition) is 3. The number of nitrogens with zero attached hydrogens (tertiary/aromatic N) is 3. The summed E-state index contributed by atoms with van der Waals surface area (Å²) in [4.78, 5) is 0.178. The molecule has 0 atom stereocenters. The van der Waals surface area contributed by atoms with Crippen molar-refractivity contribution in [2.45, 2.75) is 6.92 Å². The van der Waals surface area contributed by atoms with E-state index in [0.29, 0.717) is 19.6 Å². The number of rotatable bonds is 5. The summed E-state index contributed by atoms with van der Waals surface area (Å²) in [5.74, 6) is 0. The Hall–Kier alpha value is -1.04. The number of nitrogens with one attached hydrogen (secondary N) is 1. The van der Waals surface area contributed by atoms with Gasteiger partial charge in [0.05, 0.1) is 18.1 Å². The van der Waals surface area contributed by atoms with Crippen LogP contribution in [0.1, 0.15) is 6.92 Å². The average molecular weight is 162 g/mol. The van der Waals surface area contributed by atoms with E-state index in [0.717, 1.165) is 0 Å². The molecule has 0 bridgehead atoms. The van der Waals surface area contributed by atoms with Gasteiger partial charge in [-0.1, -0.05) is 0 Å². The highest BCUT2D eigenvalue weighted by atomic mass is 16.6. The van der Waals surface area contributed by atoms with E-state index in [2.05, 4.69) is 10.6 Å². The van der Waals surface area contributed by atoms with Crippen molar-refractivity contribution in [1.29, 1.82) is 0 Å². The van der Waals surface area contributed by atoms with E-state index >= 15 is 0 Å². The highest BCUT2D eigenvalue weighted by Gasteiger charge is 2.07. The van der Waals surface area contributed by atoms with Crippen molar-refractivity contribution in [3.05, 3.63) is 5.21 Å². The summed E-state index contributed by atoms with van der Waals surface area (Å²) < 4.78 is 0. The fourth-order valence-electron chi connectivity index (χ4n) is 0.662. The molecular weight excluding hydrogens is 148 g/mol. The van der Waals surface area contributed by atoms with Crippen LogP contribution in [0, 0.1) is 5.21 Å². The van der Waals surface area contributed by atoms with E-state index in [1.54, 1.807) is 7.05 Å². The first-order valence-corrected chi connectivity index (χ1v) is 3.48. The molecule has 0 rings (SSSR count). The molecule has 6 nitrogen and oxygen atoms in total. The highest BCUT2D eigenvalue weighted by molar-refractivity contribution is 4.43. The molecule has 2 N–H and O–H groups in total. The topological polar surface area (TPSA) is 73.9 Å². The predicted molar refractivity (Wildman–Crippen MR) is 39.0 cm³/mol. The molecule has 0 aliphatic heterocycles. The molecule has 0 aromatic heterocycles. The van der Waals surface area contributed by atoms with E-state index in [9.17, 15) is 5.21 Å². The highest BCUT2D eigenvalue weighted by Crippen LogP contribution is 1.87. The van der Waals surface area contributed by atoms with Crippen molar-refractivity contribution in [3.8, 4) is 0 Å². The minimum Gasteiger partial charge on any atom is -0.569 e. The molecule has 0 aromatic carbocycles. The van der Waals surface area contributed by atoms with Crippen LogP contribution in [0.3, 0.4) is 0 Å². The van der Waals surface area contributed by atoms with Gasteiger partial charge in [0, 0.05) is 6.54 Å². The van der Waals surface area contributed by atoms with Crippen LogP contribution in [0.4, 0.5) is 0 Å². The van der Waals surface area contributed by atoms with Crippen LogP contribution in [0.2, 0.25) is 0 Å². The van der Waals surface area contributed by atoms with E-state index < -0.39 is 0 Å². The molecule has 0 saturated heterocycles. The molecule has 0 fully saturated rings. The molecule has 0 spiro atoms. The van der Waals surface area contributed by atoms with Crippen molar-refractivity contribution in [2.24, 2.45) is 5.28 Å². The van der Waals surface area contributed by atoms with Gasteiger partial charge in [0.1, 0.15) is 0 Å². The van der Waals surface area contributed by atoms with Gasteiger partial charge in [-0.05, 0) is 14.0 Å². The van der Waals surface area contributed by atoms with Gasteiger partial charge in [0.15, 0.2) is 0 Å². The van der Waals surface area contributed by atoms with E-state index in [1.165, 1.54) is 5.01 Å². The Morgan fingerprint density at radius 3 is 2.73 bits per heavy atom. The van der Waals surface area contributed by atoms with Gasteiger partial charge in [0.25, 0.3) is 0 Å². The third-order valence-electron chi connectivity index (χ3n) is 1.30. The van der Waals surface area contributed by atoms with Crippen molar-refractivity contribution in [2.75, 3.05) is 26.7 Å². The summed E-state index contributed by atoms with van der Waals surface area (Å²) in [6.45, 7) is 3.55. The molecule has 0 unspecified atom stereocenters. The van der Waals surface area contributed by atoms with Crippen molar-refractivity contribution in [3.63, 3.8) is 0 Å². The van der Waals surface area contributed by atoms with Crippen molar-refractivity contribution in [1.82, 2.24) is 10.3 Å². The second kappa shape index (κ2) is 5.72. The third-order valence-corrected chi connectivity index (χ3v) is 1.30. The molecule has 0 heterocycles. The zero-order valence-corrected chi connectivity index (χ0v) is 6.82. The minimum atomic E-state index is 0.178. The van der Waals surface area contributed by atoms with Crippen molar-refractivity contribution >= 4 is 0 Å². The van der Waals surface area contributed by atoms with Gasteiger partial charge in [-0.15, -0.1) is 5.01 Å². The number of hydrogen-bond donors (Lipinski definition) is 2. The normalized spacial score (nSPS) is 11.6. The number of hydrazine groups is 1. The summed E-state index contributed by atoms with van der Waals surface area (Å²) in [6, 6.07) is 0. The molecule has 0 aliphatic rings. The lowest BCUT2D eigenvalue weighted by Crippen LogP contribution is -2.35. The van der Waals surface area contributed by atoms with Gasteiger partial charge in [0.2, 0.25) is 5.28 Å². The van der Waals surface area contributed by atoms with E-state index in [4.69, 9.17) is 5.21 Å². The smallest absolute Gasteiger partial charge is 0.230 e. The molecule has 0 radical (unpaired) electrons. The van der Waals surface area contributed by atoms with Gasteiger partial charge in [-0.2, -0.15) is 0 Å². The van der Waals surface area contributed by atoms with Gasteiger partial charge in [-0.25, -0.2) is 0 Å². The molecule has 11 heavy (non-hydrogen) atoms. The lowest BCUT2D eigenvalue weighted by Gasteiger charge is -2.14. The molecule has 66 valence electrons. The minimum absolute atomic E-state index is 0.178. The summed E-state index contributed by atoms with van der Waals surface area (Å²) in [6.07, 6.45) is 0. The van der Waals surface area contributed by atoms with Crippen LogP contribution < -0.4 is 5.32 Å². The van der Waals surface area contributed by atoms with Gasteiger partial charge in [-0.3, -0.25) is 0 Å². The van der Waals surface area contributed by atoms with Crippen LogP contribution in [0.5, 0.6) is 0 Å². The Labute approximate surface area is 65.6 Å². The fourth-order valence-corrected chi connectivity index (χ4v) is 0.662. The fraction of sp³-hybridized carbons (Fsp3) is 1.00. The van der Waals surface area contributed by atoms with E-state index in [1.807, 2.05) is 6.92 Å². The summed E-state index contributed by atoms with van der Waals surface area (Å²) in [5, 5.41) is 25.5. The van der Waals surface area contributed by atoms with E-state index in [-0.39, 0.29) is 4.97 Å². The largest absolute Gasteiger partial charge is 0.569 e. The third kappa shape index (κ3) is 3.61. The first-order chi connectivity index (χ1) is 5.26. The maximum absolute atomic E-state index is 10.6. The van der Waals surface area contributed by atoms with Crippen LogP contribution >= 0.6 is 0 Å².